The van der Waals surface area contributed by atoms with Crippen LogP contribution >= 0.6 is 0 Å². The topological polar surface area (TPSA) is 138 Å². The maximum atomic E-state index is 12.5. The molecule has 0 saturated heterocycles. The minimum Gasteiger partial charge on any atom is -0.379 e. The molecular weight excluding hydrogens is 536 g/mol. The molecule has 0 spiro atoms. The van der Waals surface area contributed by atoms with Gasteiger partial charge >= 0.3 is 0 Å². The first-order valence-electron chi connectivity index (χ1n) is 13.7. The zero-order valence-corrected chi connectivity index (χ0v) is 24.2. The number of carbonyl (C=O) groups is 1. The van der Waals surface area contributed by atoms with E-state index in [1.165, 1.54) is 0 Å². The van der Waals surface area contributed by atoms with Crippen LogP contribution in [0.5, 0.6) is 0 Å². The summed E-state index contributed by atoms with van der Waals surface area (Å²) in [6, 6.07) is -0.479. The Morgan fingerprint density at radius 1 is 0.610 bits per heavy atom. The van der Waals surface area contributed by atoms with Crippen molar-refractivity contribution in [3.63, 3.8) is 0 Å². The lowest BCUT2D eigenvalue weighted by Gasteiger charge is -2.27. The smallest absolute Gasteiger partial charge is 0.222 e. The van der Waals surface area contributed by atoms with Gasteiger partial charge in [-0.15, -0.1) is 19.3 Å². The highest BCUT2D eigenvalue weighted by Crippen LogP contribution is 2.08. The van der Waals surface area contributed by atoms with Gasteiger partial charge in [0.15, 0.2) is 0 Å². The van der Waals surface area contributed by atoms with Gasteiger partial charge in [-0.1, -0.05) is 17.8 Å². The van der Waals surface area contributed by atoms with Crippen LogP contribution in [0.4, 0.5) is 0 Å². The van der Waals surface area contributed by atoms with E-state index in [2.05, 4.69) is 23.1 Å². The van der Waals surface area contributed by atoms with Crippen molar-refractivity contribution in [1.82, 2.24) is 5.32 Å². The summed E-state index contributed by atoms with van der Waals surface area (Å²) in [5, 5.41) is 2.91. The van der Waals surface area contributed by atoms with Crippen LogP contribution in [0, 0.1) is 37.0 Å². The molecule has 0 aliphatic carbocycles. The minimum atomic E-state index is -0.479. The second kappa shape index (κ2) is 32.3. The molecule has 0 aromatic rings. The fourth-order valence-electron chi connectivity index (χ4n) is 3.10. The highest BCUT2D eigenvalue weighted by atomic mass is 16.6. The van der Waals surface area contributed by atoms with E-state index in [0.717, 1.165) is 0 Å². The van der Waals surface area contributed by atoms with Crippen molar-refractivity contribution in [2.24, 2.45) is 5.73 Å². The largest absolute Gasteiger partial charge is 0.379 e. The monoisotopic (exact) mass is 584 g/mol. The zero-order valence-electron chi connectivity index (χ0n) is 24.2. The number of nitrogens with one attached hydrogen (secondary N) is 1. The van der Waals surface area contributed by atoms with Crippen molar-refractivity contribution in [2.75, 3.05) is 119 Å². The van der Waals surface area contributed by atoms with Gasteiger partial charge in [0.2, 0.25) is 5.91 Å². The van der Waals surface area contributed by atoms with Crippen LogP contribution in [0.15, 0.2) is 0 Å². The maximum absolute atomic E-state index is 12.5. The van der Waals surface area contributed by atoms with Crippen LogP contribution in [0.1, 0.15) is 12.8 Å². The van der Waals surface area contributed by atoms with Crippen molar-refractivity contribution in [3.8, 4) is 37.0 Å². The number of hydrogen-bond donors (Lipinski definition) is 2. The van der Waals surface area contributed by atoms with E-state index >= 15 is 0 Å². The van der Waals surface area contributed by atoms with Crippen LogP contribution in [0.3, 0.4) is 0 Å². The molecule has 0 aromatic heterocycles. The Labute approximate surface area is 245 Å². The molecule has 0 aromatic carbocycles. The molecule has 12 nitrogen and oxygen atoms in total. The molecule has 1 amide bonds. The van der Waals surface area contributed by atoms with Crippen molar-refractivity contribution >= 4 is 5.91 Å². The van der Waals surface area contributed by atoms with Crippen LogP contribution in [-0.2, 0) is 47.4 Å². The number of amides is 1. The van der Waals surface area contributed by atoms with Crippen LogP contribution in [0.2, 0.25) is 0 Å². The third kappa shape index (κ3) is 27.7. The van der Waals surface area contributed by atoms with Crippen molar-refractivity contribution in [1.29, 1.82) is 0 Å². The van der Waals surface area contributed by atoms with Gasteiger partial charge in [-0.2, -0.15) is 0 Å². The average Bonchev–Trinajstić information content (AvgIpc) is 2.97. The molecule has 0 radical (unpaired) electrons. The Kier molecular flexibility index (Phi) is 30.5. The van der Waals surface area contributed by atoms with Crippen molar-refractivity contribution < 1.29 is 47.4 Å². The Bertz CT molecular complexity index is 720. The Morgan fingerprint density at radius 2 is 1.07 bits per heavy atom. The molecule has 0 aliphatic heterocycles. The lowest BCUT2D eigenvalue weighted by molar-refractivity contribution is -0.125. The van der Waals surface area contributed by atoms with Crippen molar-refractivity contribution in [2.45, 2.75) is 25.0 Å². The molecule has 234 valence electrons. The summed E-state index contributed by atoms with van der Waals surface area (Å²) in [6.45, 7) is 6.73. The molecule has 0 rings (SSSR count). The second-order valence-electron chi connectivity index (χ2n) is 8.21. The Morgan fingerprint density at radius 3 is 1.56 bits per heavy atom. The molecule has 2 atom stereocenters. The molecule has 12 heteroatoms. The van der Waals surface area contributed by atoms with E-state index in [0.29, 0.717) is 92.2 Å². The van der Waals surface area contributed by atoms with Gasteiger partial charge in [0.05, 0.1) is 105 Å². The van der Waals surface area contributed by atoms with Gasteiger partial charge in [-0.25, -0.2) is 0 Å². The molecule has 3 N–H and O–H groups in total. The molecule has 0 saturated carbocycles. The third-order valence-electron chi connectivity index (χ3n) is 4.99. The van der Waals surface area contributed by atoms with E-state index in [1.54, 1.807) is 0 Å². The van der Waals surface area contributed by atoms with E-state index in [1.807, 2.05) is 0 Å². The summed E-state index contributed by atoms with van der Waals surface area (Å²) in [7, 11) is 0. The zero-order chi connectivity index (χ0) is 30.1. The quantitative estimate of drug-likeness (QED) is 0.0815. The molecular formula is C29H48N2O10. The number of carbonyl (C=O) groups excluding carboxylic acids is 1. The standard InChI is InChI=1S/C29H48N2O10/c1-4-10-33-13-7-28(41-12-6-3)27(26-40-11-5-2)31-29(32)8-14-34-16-18-36-20-22-38-24-25-39-23-21-37-19-17-35-15-9-30/h1-3,27-28H,7-26,30H2,(H,31,32). The first kappa shape index (κ1) is 38.8. The number of hydrogen-bond acceptors (Lipinski definition) is 11. The molecule has 2 unspecified atom stereocenters. The van der Waals surface area contributed by atoms with Gasteiger partial charge < -0.3 is 53.7 Å². The number of ether oxygens (including phenoxy) is 9. The lowest BCUT2D eigenvalue weighted by Crippen LogP contribution is -2.48. The SMILES string of the molecule is C#CCOCCC(OCC#C)C(COCC#C)NC(=O)CCOCCOCCOCCOCCOCCOCCN. The summed E-state index contributed by atoms with van der Waals surface area (Å²) >= 11 is 0. The van der Waals surface area contributed by atoms with E-state index < -0.39 is 12.1 Å². The number of terminal acetylenes is 3. The average molecular weight is 585 g/mol. The normalized spacial score (nSPS) is 12.2. The summed E-state index contributed by atoms with van der Waals surface area (Å²) in [6.07, 6.45) is 16.0. The van der Waals surface area contributed by atoms with Gasteiger partial charge in [0.1, 0.15) is 19.8 Å². The number of rotatable bonds is 31. The summed E-state index contributed by atoms with van der Waals surface area (Å²) in [5.74, 6) is 7.00. The highest BCUT2D eigenvalue weighted by Gasteiger charge is 2.24. The summed E-state index contributed by atoms with van der Waals surface area (Å²) in [5.41, 5.74) is 5.32. The highest BCUT2D eigenvalue weighted by molar-refractivity contribution is 5.76. The Balaban J connectivity index is 3.91. The van der Waals surface area contributed by atoms with E-state index in [-0.39, 0.29) is 45.4 Å². The van der Waals surface area contributed by atoms with Crippen molar-refractivity contribution in [3.05, 3.63) is 0 Å². The third-order valence-corrected chi connectivity index (χ3v) is 4.99. The molecule has 0 heterocycles. The first-order chi connectivity index (χ1) is 20.2. The maximum Gasteiger partial charge on any atom is 0.222 e. The van der Waals surface area contributed by atoms with Gasteiger partial charge in [-0.05, 0) is 6.42 Å². The Hall–Kier alpha value is -2.25. The van der Waals surface area contributed by atoms with Crippen LogP contribution in [0.25, 0.3) is 0 Å². The van der Waals surface area contributed by atoms with Crippen LogP contribution < -0.4 is 11.1 Å². The lowest BCUT2D eigenvalue weighted by atomic mass is 10.1. The summed E-state index contributed by atoms with van der Waals surface area (Å²) in [4.78, 5) is 12.5. The molecule has 0 fully saturated rings. The van der Waals surface area contributed by atoms with Gasteiger partial charge in [0.25, 0.3) is 0 Å². The fraction of sp³-hybridized carbons (Fsp3) is 0.759. The molecule has 41 heavy (non-hydrogen) atoms. The first-order valence-corrected chi connectivity index (χ1v) is 13.7. The van der Waals surface area contributed by atoms with Gasteiger partial charge in [0, 0.05) is 13.0 Å². The predicted molar refractivity (Wildman–Crippen MR) is 153 cm³/mol. The van der Waals surface area contributed by atoms with E-state index in [9.17, 15) is 4.79 Å². The van der Waals surface area contributed by atoms with Gasteiger partial charge in [-0.3, -0.25) is 4.79 Å². The summed E-state index contributed by atoms with van der Waals surface area (Å²) < 4.78 is 48.9. The number of nitrogens with two attached hydrogens (primary N) is 1. The second-order valence-corrected chi connectivity index (χ2v) is 8.21. The fourth-order valence-corrected chi connectivity index (χ4v) is 3.10. The van der Waals surface area contributed by atoms with Crippen LogP contribution in [-0.4, -0.2) is 137 Å². The van der Waals surface area contributed by atoms with E-state index in [4.69, 9.17) is 67.6 Å². The molecule has 0 aliphatic rings. The molecule has 0 bridgehead atoms. The minimum absolute atomic E-state index is 0.0751. The predicted octanol–water partition coefficient (Wildman–Crippen LogP) is -0.372.